The molecule has 1 amide bonds. The predicted molar refractivity (Wildman–Crippen MR) is 96.8 cm³/mol. The summed E-state index contributed by atoms with van der Waals surface area (Å²) in [6, 6.07) is 13.5. The van der Waals surface area contributed by atoms with Crippen molar-refractivity contribution in [3.63, 3.8) is 0 Å². The number of hydrogen-bond acceptors (Lipinski definition) is 4. The quantitative estimate of drug-likeness (QED) is 0.701. The molecule has 2 heterocycles. The molecule has 7 nitrogen and oxygen atoms in total. The van der Waals surface area contributed by atoms with Crippen LogP contribution in [0.4, 0.5) is 5.69 Å². The van der Waals surface area contributed by atoms with Crippen molar-refractivity contribution in [1.82, 2.24) is 19.5 Å². The van der Waals surface area contributed by atoms with Gasteiger partial charge in [-0.05, 0) is 31.2 Å². The Morgan fingerprint density at radius 2 is 2.00 bits per heavy atom. The molecule has 2 aromatic heterocycles. The average molecular weight is 339 g/mol. The molecule has 1 N–H and O–H groups in total. The molecule has 0 spiro atoms. The van der Waals surface area contributed by atoms with E-state index in [0.717, 1.165) is 12.2 Å². The van der Waals surface area contributed by atoms with Gasteiger partial charge in [-0.1, -0.05) is 18.2 Å². The highest BCUT2D eigenvalue weighted by Gasteiger charge is 2.09. The molecule has 25 heavy (non-hydrogen) atoms. The number of anilines is 1. The van der Waals surface area contributed by atoms with Gasteiger partial charge < -0.3 is 14.6 Å². The molecule has 7 heteroatoms. The van der Waals surface area contributed by atoms with Crippen molar-refractivity contribution in [3.8, 4) is 0 Å². The SMILES string of the molecule is CCN(CCNC(=O)Cn1ncn2cccc2c1=O)c1ccccc1. The molecule has 0 radical (unpaired) electrons. The number of aromatic nitrogens is 3. The van der Waals surface area contributed by atoms with Crippen molar-refractivity contribution >= 4 is 17.1 Å². The number of carbonyl (C=O) groups excluding carboxylic acids is 1. The largest absolute Gasteiger partial charge is 0.370 e. The molecule has 0 atom stereocenters. The molecule has 0 bridgehead atoms. The molecule has 0 aliphatic carbocycles. The molecule has 3 rings (SSSR count). The first-order valence-corrected chi connectivity index (χ1v) is 8.28. The lowest BCUT2D eigenvalue weighted by atomic mass is 10.3. The van der Waals surface area contributed by atoms with Gasteiger partial charge >= 0.3 is 0 Å². The molecule has 1 aromatic carbocycles. The topological polar surface area (TPSA) is 71.6 Å². The molecular weight excluding hydrogens is 318 g/mol. The molecule has 0 saturated heterocycles. The second-order valence-corrected chi connectivity index (χ2v) is 5.66. The second-order valence-electron chi connectivity index (χ2n) is 5.66. The van der Waals surface area contributed by atoms with E-state index in [1.54, 1.807) is 22.7 Å². The summed E-state index contributed by atoms with van der Waals surface area (Å²) in [7, 11) is 0. The van der Waals surface area contributed by atoms with E-state index < -0.39 is 0 Å². The van der Waals surface area contributed by atoms with Crippen LogP contribution in [0.15, 0.2) is 59.8 Å². The zero-order valence-corrected chi connectivity index (χ0v) is 14.1. The lowest BCUT2D eigenvalue weighted by Gasteiger charge is -2.23. The van der Waals surface area contributed by atoms with E-state index >= 15 is 0 Å². The number of para-hydroxylation sites is 1. The molecule has 0 aliphatic heterocycles. The van der Waals surface area contributed by atoms with Crippen molar-refractivity contribution in [2.75, 3.05) is 24.5 Å². The van der Waals surface area contributed by atoms with E-state index in [1.165, 1.54) is 11.0 Å². The third kappa shape index (κ3) is 3.88. The van der Waals surface area contributed by atoms with Crippen LogP contribution in [0.25, 0.3) is 5.52 Å². The lowest BCUT2D eigenvalue weighted by molar-refractivity contribution is -0.121. The molecular formula is C18H21N5O2. The first kappa shape index (κ1) is 16.8. The van der Waals surface area contributed by atoms with Crippen LogP contribution in [0.5, 0.6) is 0 Å². The number of benzene rings is 1. The first-order chi connectivity index (χ1) is 12.2. The lowest BCUT2D eigenvalue weighted by Crippen LogP contribution is -2.38. The molecule has 0 saturated carbocycles. The highest BCUT2D eigenvalue weighted by Crippen LogP contribution is 2.11. The summed E-state index contributed by atoms with van der Waals surface area (Å²) in [5.74, 6) is -0.227. The summed E-state index contributed by atoms with van der Waals surface area (Å²) in [5, 5.41) is 6.87. The van der Waals surface area contributed by atoms with Gasteiger partial charge in [0.25, 0.3) is 5.56 Å². The van der Waals surface area contributed by atoms with Crippen molar-refractivity contribution in [3.05, 3.63) is 65.3 Å². The smallest absolute Gasteiger partial charge is 0.291 e. The van der Waals surface area contributed by atoms with E-state index in [1.807, 2.05) is 30.3 Å². The van der Waals surface area contributed by atoms with Crippen molar-refractivity contribution in [2.24, 2.45) is 0 Å². The minimum Gasteiger partial charge on any atom is -0.370 e. The van der Waals surface area contributed by atoms with Crippen molar-refractivity contribution in [1.29, 1.82) is 0 Å². The Bertz CT molecular complexity index is 900. The Balaban J connectivity index is 1.55. The fraction of sp³-hybridized carbons (Fsp3) is 0.278. The van der Waals surface area contributed by atoms with E-state index in [2.05, 4.69) is 22.2 Å². The Kier molecular flexibility index (Phi) is 5.13. The van der Waals surface area contributed by atoms with Crippen LogP contribution in [-0.4, -0.2) is 39.7 Å². The van der Waals surface area contributed by atoms with Gasteiger partial charge in [0.05, 0.1) is 0 Å². The maximum atomic E-state index is 12.2. The zero-order valence-electron chi connectivity index (χ0n) is 14.1. The van der Waals surface area contributed by atoms with Crippen LogP contribution in [0.3, 0.4) is 0 Å². The summed E-state index contributed by atoms with van der Waals surface area (Å²) >= 11 is 0. The van der Waals surface area contributed by atoms with Gasteiger partial charge in [0, 0.05) is 31.5 Å². The van der Waals surface area contributed by atoms with Gasteiger partial charge in [0.15, 0.2) is 0 Å². The monoisotopic (exact) mass is 339 g/mol. The van der Waals surface area contributed by atoms with Crippen LogP contribution in [-0.2, 0) is 11.3 Å². The number of nitrogens with one attached hydrogen (secondary N) is 1. The highest BCUT2D eigenvalue weighted by atomic mass is 16.2. The average Bonchev–Trinajstić information content (AvgIpc) is 3.11. The van der Waals surface area contributed by atoms with Gasteiger partial charge in [0.2, 0.25) is 5.91 Å². The molecule has 3 aromatic rings. The van der Waals surface area contributed by atoms with Crippen molar-refractivity contribution in [2.45, 2.75) is 13.5 Å². The Morgan fingerprint density at radius 3 is 2.76 bits per heavy atom. The number of amides is 1. The van der Waals surface area contributed by atoms with Crippen LogP contribution in [0.1, 0.15) is 6.92 Å². The third-order valence-corrected chi connectivity index (χ3v) is 4.05. The Hall–Kier alpha value is -3.09. The summed E-state index contributed by atoms with van der Waals surface area (Å²) in [4.78, 5) is 26.5. The van der Waals surface area contributed by atoms with Crippen LogP contribution in [0, 0.1) is 0 Å². The number of likely N-dealkylation sites (N-methyl/N-ethyl adjacent to an activating group) is 1. The summed E-state index contributed by atoms with van der Waals surface area (Å²) in [6.07, 6.45) is 3.27. The van der Waals surface area contributed by atoms with E-state index in [-0.39, 0.29) is 18.0 Å². The van der Waals surface area contributed by atoms with Crippen LogP contribution in [0.2, 0.25) is 0 Å². The van der Waals surface area contributed by atoms with E-state index in [0.29, 0.717) is 18.6 Å². The number of carbonyl (C=O) groups is 1. The van der Waals surface area contributed by atoms with Gasteiger partial charge in [-0.15, -0.1) is 0 Å². The normalized spacial score (nSPS) is 10.8. The fourth-order valence-electron chi connectivity index (χ4n) is 2.72. The zero-order chi connectivity index (χ0) is 17.6. The third-order valence-electron chi connectivity index (χ3n) is 4.05. The number of nitrogens with zero attached hydrogens (tertiary/aromatic N) is 4. The molecule has 0 aliphatic rings. The highest BCUT2D eigenvalue weighted by molar-refractivity contribution is 5.75. The number of fused-ring (bicyclic) bond motifs is 1. The summed E-state index contributed by atoms with van der Waals surface area (Å²) in [5.41, 5.74) is 1.35. The van der Waals surface area contributed by atoms with E-state index in [4.69, 9.17) is 0 Å². The number of hydrogen-bond donors (Lipinski definition) is 1. The summed E-state index contributed by atoms with van der Waals surface area (Å²) in [6.45, 7) is 4.05. The Morgan fingerprint density at radius 1 is 1.20 bits per heavy atom. The first-order valence-electron chi connectivity index (χ1n) is 8.28. The van der Waals surface area contributed by atoms with Gasteiger partial charge in [-0.3, -0.25) is 9.59 Å². The van der Waals surface area contributed by atoms with Crippen LogP contribution >= 0.6 is 0 Å². The van der Waals surface area contributed by atoms with Gasteiger partial charge in [-0.25, -0.2) is 4.68 Å². The Labute approximate surface area is 145 Å². The number of rotatable bonds is 7. The minimum absolute atomic E-state index is 0.0853. The van der Waals surface area contributed by atoms with E-state index in [9.17, 15) is 9.59 Å². The maximum Gasteiger partial charge on any atom is 0.291 e. The molecule has 130 valence electrons. The minimum atomic E-state index is -0.276. The maximum absolute atomic E-state index is 12.2. The molecule has 0 fully saturated rings. The van der Waals surface area contributed by atoms with Gasteiger partial charge in [-0.2, -0.15) is 5.10 Å². The standard InChI is InChI=1S/C18H21N5O2/c1-2-21(15-7-4-3-5-8-15)12-10-19-17(24)13-23-18(25)16-9-6-11-22(16)14-20-23/h3-9,11,14H,2,10,12-13H2,1H3,(H,19,24). The second kappa shape index (κ2) is 7.65. The van der Waals surface area contributed by atoms with Gasteiger partial charge in [0.1, 0.15) is 18.4 Å². The molecule has 0 unspecified atom stereocenters. The predicted octanol–water partition coefficient (Wildman–Crippen LogP) is 1.14. The van der Waals surface area contributed by atoms with Crippen molar-refractivity contribution < 1.29 is 4.79 Å². The summed E-state index contributed by atoms with van der Waals surface area (Å²) < 4.78 is 2.81. The van der Waals surface area contributed by atoms with Crippen LogP contribution < -0.4 is 15.8 Å². The fourth-order valence-corrected chi connectivity index (χ4v) is 2.72.